The first-order valence-electron chi connectivity index (χ1n) is 12.4. The molecule has 7 nitrogen and oxygen atoms in total. The average molecular weight is 595 g/mol. The molecule has 0 bridgehead atoms. The molecule has 0 spiro atoms. The monoisotopic (exact) mass is 594 g/mol. The van der Waals surface area contributed by atoms with Crippen LogP contribution in [-0.4, -0.2) is 46.8 Å². The molecule has 0 saturated carbocycles. The minimum atomic E-state index is -5.06. The maximum atomic E-state index is 13.8. The fraction of sp³-hybridized carbons (Fsp3) is 0.321. The van der Waals surface area contributed by atoms with E-state index in [9.17, 15) is 34.8 Å². The van der Waals surface area contributed by atoms with Crippen LogP contribution in [-0.2, 0) is 31.5 Å². The summed E-state index contributed by atoms with van der Waals surface area (Å²) in [5.41, 5.74) is -0.148. The molecule has 1 amide bonds. The molecular formula is C28H29F3N2O5S2. The zero-order valence-corrected chi connectivity index (χ0v) is 23.7. The van der Waals surface area contributed by atoms with Gasteiger partial charge in [-0.05, 0) is 59.9 Å². The second-order valence-corrected chi connectivity index (χ2v) is 14.3. The summed E-state index contributed by atoms with van der Waals surface area (Å²) in [5, 5.41) is 0. The molecule has 3 aromatic rings. The van der Waals surface area contributed by atoms with Crippen LogP contribution in [0.25, 0.3) is 0 Å². The minimum absolute atomic E-state index is 0.0531. The van der Waals surface area contributed by atoms with Crippen molar-refractivity contribution in [3.05, 3.63) is 89.5 Å². The number of benzene rings is 3. The Bertz CT molecular complexity index is 1620. The van der Waals surface area contributed by atoms with E-state index in [1.165, 1.54) is 29.2 Å². The Morgan fingerprint density at radius 3 is 2.08 bits per heavy atom. The van der Waals surface area contributed by atoms with Crippen molar-refractivity contribution in [2.24, 2.45) is 0 Å². The zero-order chi connectivity index (χ0) is 29.5. The average Bonchev–Trinajstić information content (AvgIpc) is 3.35. The van der Waals surface area contributed by atoms with E-state index in [0.717, 1.165) is 11.6 Å². The summed E-state index contributed by atoms with van der Waals surface area (Å²) < 4.78 is 96.2. The molecule has 4 rings (SSSR count). The molecule has 40 heavy (non-hydrogen) atoms. The Hall–Kier alpha value is -3.22. The molecular weight excluding hydrogens is 565 g/mol. The summed E-state index contributed by atoms with van der Waals surface area (Å²) >= 11 is 0. The van der Waals surface area contributed by atoms with Crippen molar-refractivity contribution in [3.8, 4) is 0 Å². The van der Waals surface area contributed by atoms with E-state index in [1.807, 2.05) is 32.9 Å². The van der Waals surface area contributed by atoms with E-state index in [1.54, 1.807) is 18.2 Å². The van der Waals surface area contributed by atoms with Gasteiger partial charge in [0.1, 0.15) is 0 Å². The van der Waals surface area contributed by atoms with Crippen LogP contribution in [0.15, 0.2) is 87.5 Å². The first-order valence-corrected chi connectivity index (χ1v) is 15.4. The smallest absolute Gasteiger partial charge is 0.337 e. The summed E-state index contributed by atoms with van der Waals surface area (Å²) in [6, 6.07) is 14.9. The van der Waals surface area contributed by atoms with E-state index in [2.05, 4.69) is 4.72 Å². The topological polar surface area (TPSA) is 101 Å². The number of nitrogens with one attached hydrogen (secondary N) is 1. The van der Waals surface area contributed by atoms with Gasteiger partial charge in [-0.3, -0.25) is 4.79 Å². The predicted molar refractivity (Wildman–Crippen MR) is 143 cm³/mol. The number of hydrogen-bond acceptors (Lipinski definition) is 5. The lowest BCUT2D eigenvalue weighted by molar-refractivity contribution is -0.139. The third-order valence-electron chi connectivity index (χ3n) is 6.71. The van der Waals surface area contributed by atoms with Gasteiger partial charge in [0.2, 0.25) is 19.9 Å². The maximum Gasteiger partial charge on any atom is 0.417 e. The molecule has 1 N–H and O–H groups in total. The number of nitrogens with zero attached hydrogens (tertiary/aromatic N) is 1. The largest absolute Gasteiger partial charge is 0.417 e. The molecule has 1 unspecified atom stereocenters. The van der Waals surface area contributed by atoms with Gasteiger partial charge in [0, 0.05) is 24.7 Å². The Kier molecular flexibility index (Phi) is 7.91. The number of sulfonamides is 1. The zero-order valence-electron chi connectivity index (χ0n) is 22.1. The highest BCUT2D eigenvalue weighted by atomic mass is 32.2. The van der Waals surface area contributed by atoms with E-state index in [-0.39, 0.29) is 35.7 Å². The van der Waals surface area contributed by atoms with Gasteiger partial charge in [-0.25, -0.2) is 21.6 Å². The number of rotatable bonds is 6. The van der Waals surface area contributed by atoms with Gasteiger partial charge in [-0.2, -0.15) is 13.2 Å². The van der Waals surface area contributed by atoms with Crippen molar-refractivity contribution in [1.29, 1.82) is 0 Å². The standard InChI is InChI=1S/C28H29F3N2O5S2/c1-27(2,3)20-11-9-19(10-12-20)26(34)33-16-15-21(18-33)32-40(37,38)25-17-23(13-14-24(25)28(29,30)31)39(35,36)22-7-5-4-6-8-22/h4-14,17,21,32H,15-16,18H2,1-3H3. The normalized spacial score (nSPS) is 16.8. The summed E-state index contributed by atoms with van der Waals surface area (Å²) in [4.78, 5) is 12.5. The van der Waals surface area contributed by atoms with E-state index in [4.69, 9.17) is 0 Å². The quantitative estimate of drug-likeness (QED) is 0.432. The van der Waals surface area contributed by atoms with E-state index in [0.29, 0.717) is 17.7 Å². The molecule has 0 aliphatic carbocycles. The van der Waals surface area contributed by atoms with E-state index < -0.39 is 47.4 Å². The molecule has 3 aromatic carbocycles. The van der Waals surface area contributed by atoms with Crippen molar-refractivity contribution in [2.75, 3.05) is 13.1 Å². The van der Waals surface area contributed by atoms with Crippen LogP contribution in [0.2, 0.25) is 0 Å². The van der Waals surface area contributed by atoms with E-state index >= 15 is 0 Å². The Balaban J connectivity index is 1.58. The highest BCUT2D eigenvalue weighted by molar-refractivity contribution is 7.91. The Morgan fingerprint density at radius 2 is 1.50 bits per heavy atom. The number of sulfone groups is 1. The van der Waals surface area contributed by atoms with Gasteiger partial charge in [-0.1, -0.05) is 51.1 Å². The number of amides is 1. The van der Waals surface area contributed by atoms with Crippen molar-refractivity contribution in [2.45, 2.75) is 59.5 Å². The molecule has 1 saturated heterocycles. The number of alkyl halides is 3. The lowest BCUT2D eigenvalue weighted by Crippen LogP contribution is -2.39. The van der Waals surface area contributed by atoms with Gasteiger partial charge >= 0.3 is 6.18 Å². The van der Waals surface area contributed by atoms with Crippen LogP contribution in [0.4, 0.5) is 13.2 Å². The summed E-state index contributed by atoms with van der Waals surface area (Å²) in [6.45, 7) is 6.26. The van der Waals surface area contributed by atoms with Crippen molar-refractivity contribution in [3.63, 3.8) is 0 Å². The van der Waals surface area contributed by atoms with Gasteiger partial charge in [0.05, 0.1) is 20.2 Å². The fourth-order valence-corrected chi connectivity index (χ4v) is 7.38. The number of carbonyl (C=O) groups is 1. The number of carbonyl (C=O) groups excluding carboxylic acids is 1. The molecule has 1 fully saturated rings. The second kappa shape index (κ2) is 10.6. The maximum absolute atomic E-state index is 13.8. The molecule has 0 aromatic heterocycles. The van der Waals surface area contributed by atoms with Crippen molar-refractivity contribution < 1.29 is 34.8 Å². The Morgan fingerprint density at radius 1 is 0.875 bits per heavy atom. The molecule has 1 heterocycles. The molecule has 214 valence electrons. The van der Waals surface area contributed by atoms with Crippen LogP contribution < -0.4 is 4.72 Å². The predicted octanol–water partition coefficient (Wildman–Crippen LogP) is 5.03. The van der Waals surface area contributed by atoms with Gasteiger partial charge in [-0.15, -0.1) is 0 Å². The highest BCUT2D eigenvalue weighted by Crippen LogP contribution is 2.36. The molecule has 12 heteroatoms. The summed E-state index contributed by atoms with van der Waals surface area (Å²) in [6.07, 6.45) is -4.88. The van der Waals surface area contributed by atoms with Crippen molar-refractivity contribution in [1.82, 2.24) is 9.62 Å². The third-order valence-corrected chi connectivity index (χ3v) is 10.0. The SMILES string of the molecule is CC(C)(C)c1ccc(C(=O)N2CCC(NS(=O)(=O)c3cc(S(=O)(=O)c4ccccc4)ccc3C(F)(F)F)C2)cc1. The molecule has 0 radical (unpaired) electrons. The van der Waals surface area contributed by atoms with Crippen LogP contribution in [0.5, 0.6) is 0 Å². The van der Waals surface area contributed by atoms with Crippen molar-refractivity contribution >= 4 is 25.8 Å². The first-order chi connectivity index (χ1) is 18.5. The highest BCUT2D eigenvalue weighted by Gasteiger charge is 2.40. The Labute approximate surface area is 232 Å². The summed E-state index contributed by atoms with van der Waals surface area (Å²) in [7, 11) is -9.12. The fourth-order valence-electron chi connectivity index (χ4n) is 4.48. The lowest BCUT2D eigenvalue weighted by Gasteiger charge is -2.21. The van der Waals surface area contributed by atoms with Gasteiger partial charge < -0.3 is 4.90 Å². The third kappa shape index (κ3) is 6.24. The summed E-state index contributed by atoms with van der Waals surface area (Å²) in [5.74, 6) is -0.325. The molecule has 1 atom stereocenters. The molecule has 1 aliphatic heterocycles. The van der Waals surface area contributed by atoms with Crippen LogP contribution in [0, 0.1) is 0 Å². The van der Waals surface area contributed by atoms with Crippen LogP contribution in [0.3, 0.4) is 0 Å². The lowest BCUT2D eigenvalue weighted by atomic mass is 9.86. The van der Waals surface area contributed by atoms with Gasteiger partial charge in [0.25, 0.3) is 5.91 Å². The molecule has 1 aliphatic rings. The number of halogens is 3. The second-order valence-electron chi connectivity index (χ2n) is 10.7. The first kappa shape index (κ1) is 29.8. The van der Waals surface area contributed by atoms with Gasteiger partial charge in [0.15, 0.2) is 0 Å². The van der Waals surface area contributed by atoms with Crippen LogP contribution in [0.1, 0.15) is 48.7 Å². The minimum Gasteiger partial charge on any atom is -0.337 e. The van der Waals surface area contributed by atoms with Crippen LogP contribution >= 0.6 is 0 Å². The number of hydrogen-bond donors (Lipinski definition) is 1. The number of likely N-dealkylation sites (tertiary alicyclic amines) is 1.